The first-order chi connectivity index (χ1) is 9.19. The van der Waals surface area contributed by atoms with Crippen LogP contribution in [0.3, 0.4) is 0 Å². The normalized spacial score (nSPS) is 11.3. The van der Waals surface area contributed by atoms with Crippen molar-refractivity contribution in [1.82, 2.24) is 29.8 Å². The second-order valence-corrected chi connectivity index (χ2v) is 7.07. The largest absolute Gasteiger partial charge is 0.254 e. The molecule has 0 aliphatic heterocycles. The first-order valence-corrected chi connectivity index (χ1v) is 8.34. The van der Waals surface area contributed by atoms with Gasteiger partial charge in [0.2, 0.25) is 0 Å². The zero-order valence-electron chi connectivity index (χ0n) is 9.86. The molecule has 0 aliphatic rings. The van der Waals surface area contributed by atoms with Crippen LogP contribution in [0.1, 0.15) is 5.56 Å². The molecule has 0 saturated carbocycles. The molecule has 3 aromatic rings. The smallest absolute Gasteiger partial charge is 0.199 e. The van der Waals surface area contributed by atoms with E-state index >= 15 is 0 Å². The van der Waals surface area contributed by atoms with Crippen molar-refractivity contribution in [2.45, 2.75) is 20.6 Å². The lowest BCUT2D eigenvalue weighted by atomic mass is 10.4. The number of aromatic nitrogens is 6. The van der Waals surface area contributed by atoms with E-state index in [1.165, 1.54) is 29.4 Å². The number of fused-ring (bicyclic) bond motifs is 1. The SMILES string of the molecule is CSc1nnc(Sc2c(C)c(Cl)nc3ncnn23)s1. The van der Waals surface area contributed by atoms with Gasteiger partial charge in [0.25, 0.3) is 5.78 Å². The Morgan fingerprint density at radius 1 is 1.32 bits per heavy atom. The van der Waals surface area contributed by atoms with Gasteiger partial charge in [0, 0.05) is 5.56 Å². The summed E-state index contributed by atoms with van der Waals surface area (Å²) < 4.78 is 3.42. The Balaban J connectivity index is 2.08. The summed E-state index contributed by atoms with van der Waals surface area (Å²) in [4.78, 5) is 8.21. The van der Waals surface area contributed by atoms with Crippen LogP contribution in [0.25, 0.3) is 5.78 Å². The second-order valence-electron chi connectivity index (χ2n) is 3.44. The van der Waals surface area contributed by atoms with Crippen molar-refractivity contribution in [2.75, 3.05) is 6.26 Å². The summed E-state index contributed by atoms with van der Waals surface area (Å²) in [6, 6.07) is 0. The van der Waals surface area contributed by atoms with Gasteiger partial charge in [0.15, 0.2) is 8.68 Å². The third kappa shape index (κ3) is 2.42. The number of nitrogens with zero attached hydrogens (tertiary/aromatic N) is 6. The van der Waals surface area contributed by atoms with Gasteiger partial charge in [-0.2, -0.15) is 19.6 Å². The minimum Gasteiger partial charge on any atom is -0.199 e. The van der Waals surface area contributed by atoms with Crippen molar-refractivity contribution in [2.24, 2.45) is 0 Å². The van der Waals surface area contributed by atoms with E-state index in [1.807, 2.05) is 13.2 Å². The van der Waals surface area contributed by atoms with Gasteiger partial charge in [-0.3, -0.25) is 0 Å². The van der Waals surface area contributed by atoms with Crippen LogP contribution < -0.4 is 0 Å². The van der Waals surface area contributed by atoms with Crippen molar-refractivity contribution in [3.05, 3.63) is 17.0 Å². The van der Waals surface area contributed by atoms with Crippen LogP contribution in [0.2, 0.25) is 5.15 Å². The number of thioether (sulfide) groups is 1. The zero-order chi connectivity index (χ0) is 13.4. The number of halogens is 1. The zero-order valence-corrected chi connectivity index (χ0v) is 13.1. The monoisotopic (exact) mass is 330 g/mol. The lowest BCUT2D eigenvalue weighted by Crippen LogP contribution is -1.99. The summed E-state index contributed by atoms with van der Waals surface area (Å²) in [5.74, 6) is 0.479. The summed E-state index contributed by atoms with van der Waals surface area (Å²) in [5.41, 5.74) is 0.852. The highest BCUT2D eigenvalue weighted by Crippen LogP contribution is 2.35. The summed E-state index contributed by atoms with van der Waals surface area (Å²) in [7, 11) is 0. The fraction of sp³-hybridized carbons (Fsp3) is 0.222. The van der Waals surface area contributed by atoms with E-state index in [9.17, 15) is 0 Å². The Morgan fingerprint density at radius 3 is 2.84 bits per heavy atom. The average Bonchev–Trinajstić information content (AvgIpc) is 3.03. The van der Waals surface area contributed by atoms with Gasteiger partial charge < -0.3 is 0 Å². The topological polar surface area (TPSA) is 68.9 Å². The lowest BCUT2D eigenvalue weighted by Gasteiger charge is -2.06. The molecule has 0 radical (unpaired) electrons. The summed E-state index contributed by atoms with van der Waals surface area (Å²) >= 11 is 10.7. The molecule has 3 heterocycles. The van der Waals surface area contributed by atoms with E-state index < -0.39 is 0 Å². The van der Waals surface area contributed by atoms with E-state index in [4.69, 9.17) is 11.6 Å². The maximum absolute atomic E-state index is 6.11. The molecule has 0 saturated heterocycles. The Bertz CT molecular complexity index is 739. The predicted octanol–water partition coefficient (Wildman–Crippen LogP) is 2.81. The molecule has 3 aromatic heterocycles. The van der Waals surface area contributed by atoms with E-state index in [2.05, 4.69) is 25.3 Å². The van der Waals surface area contributed by atoms with Gasteiger partial charge in [-0.15, -0.1) is 10.2 Å². The van der Waals surface area contributed by atoms with Crippen LogP contribution in [0.4, 0.5) is 0 Å². The molecular weight excluding hydrogens is 324 g/mol. The molecule has 0 spiro atoms. The van der Waals surface area contributed by atoms with Crippen molar-refractivity contribution in [1.29, 1.82) is 0 Å². The summed E-state index contributed by atoms with van der Waals surface area (Å²) in [5, 5.41) is 13.6. The first kappa shape index (κ1) is 13.1. The molecule has 0 amide bonds. The molecule has 19 heavy (non-hydrogen) atoms. The number of hydrogen-bond acceptors (Lipinski definition) is 8. The maximum Gasteiger partial charge on any atom is 0.254 e. The fourth-order valence-electron chi connectivity index (χ4n) is 1.40. The summed E-state index contributed by atoms with van der Waals surface area (Å²) in [6.45, 7) is 1.90. The molecule has 10 heteroatoms. The highest BCUT2D eigenvalue weighted by atomic mass is 35.5. The van der Waals surface area contributed by atoms with Crippen LogP contribution in [-0.4, -0.2) is 36.0 Å². The average molecular weight is 331 g/mol. The second kappa shape index (κ2) is 5.23. The van der Waals surface area contributed by atoms with Crippen LogP contribution in [0, 0.1) is 6.92 Å². The third-order valence-electron chi connectivity index (χ3n) is 2.30. The molecule has 0 fully saturated rings. The van der Waals surface area contributed by atoms with Crippen LogP contribution in [0.15, 0.2) is 20.0 Å². The summed E-state index contributed by atoms with van der Waals surface area (Å²) in [6.07, 6.45) is 3.43. The molecule has 6 nitrogen and oxygen atoms in total. The minimum atomic E-state index is 0.428. The van der Waals surface area contributed by atoms with Crippen LogP contribution >= 0.6 is 46.5 Å². The molecular formula is C9H7ClN6S3. The lowest BCUT2D eigenvalue weighted by molar-refractivity contribution is 0.824. The van der Waals surface area contributed by atoms with Gasteiger partial charge in [-0.25, -0.2) is 0 Å². The Hall–Kier alpha value is -0.900. The van der Waals surface area contributed by atoms with Gasteiger partial charge in [-0.05, 0) is 24.9 Å². The standard InChI is InChI=1S/C9H7ClN6S3/c1-4-5(10)13-7-11-3-12-16(7)6(4)18-9-15-14-8(17-2)19-9/h3H,1-2H3. The quantitative estimate of drug-likeness (QED) is 0.540. The highest BCUT2D eigenvalue weighted by Gasteiger charge is 2.15. The Labute approximate surface area is 126 Å². The van der Waals surface area contributed by atoms with Gasteiger partial charge in [-0.1, -0.05) is 34.7 Å². The maximum atomic E-state index is 6.11. The van der Waals surface area contributed by atoms with Crippen molar-refractivity contribution >= 4 is 52.2 Å². The Kier molecular flexibility index (Phi) is 3.61. The van der Waals surface area contributed by atoms with Crippen LogP contribution in [-0.2, 0) is 0 Å². The predicted molar refractivity (Wildman–Crippen MR) is 76.3 cm³/mol. The van der Waals surface area contributed by atoms with Crippen molar-refractivity contribution in [3.8, 4) is 0 Å². The van der Waals surface area contributed by atoms with Gasteiger partial charge in [0.1, 0.15) is 16.5 Å². The molecule has 0 unspecified atom stereocenters. The Morgan fingerprint density at radius 2 is 2.11 bits per heavy atom. The van der Waals surface area contributed by atoms with Crippen molar-refractivity contribution < 1.29 is 0 Å². The van der Waals surface area contributed by atoms with Gasteiger partial charge in [0.05, 0.1) is 0 Å². The van der Waals surface area contributed by atoms with E-state index in [0.29, 0.717) is 10.9 Å². The molecule has 0 bridgehead atoms. The minimum absolute atomic E-state index is 0.428. The molecule has 98 valence electrons. The van der Waals surface area contributed by atoms with Crippen molar-refractivity contribution in [3.63, 3.8) is 0 Å². The van der Waals surface area contributed by atoms with E-state index in [1.54, 1.807) is 16.3 Å². The third-order valence-corrected chi connectivity index (χ3v) is 5.79. The number of rotatable bonds is 3. The number of hydrogen-bond donors (Lipinski definition) is 0. The molecule has 0 atom stereocenters. The van der Waals surface area contributed by atoms with E-state index in [-0.39, 0.29) is 0 Å². The first-order valence-electron chi connectivity index (χ1n) is 5.10. The van der Waals surface area contributed by atoms with E-state index in [0.717, 1.165) is 19.3 Å². The highest BCUT2D eigenvalue weighted by molar-refractivity contribution is 8.03. The molecule has 0 aromatic carbocycles. The fourth-order valence-corrected chi connectivity index (χ4v) is 4.13. The molecule has 0 N–H and O–H groups in total. The van der Waals surface area contributed by atoms with Gasteiger partial charge >= 0.3 is 0 Å². The van der Waals surface area contributed by atoms with Crippen LogP contribution in [0.5, 0.6) is 0 Å². The molecule has 3 rings (SSSR count). The molecule has 0 aliphatic carbocycles.